The fourth-order valence-electron chi connectivity index (χ4n) is 16.4. The number of benzene rings is 2. The number of nitrogens with zero attached hydrogens (tertiary/aromatic N) is 6. The van der Waals surface area contributed by atoms with Gasteiger partial charge < -0.3 is 38.2 Å². The monoisotopic (exact) mass is 1670 g/mol. The zero-order valence-corrected chi connectivity index (χ0v) is 69.2. The normalized spacial score (nSPS) is 29.6. The molecule has 4 amide bonds. The van der Waals surface area contributed by atoms with E-state index in [9.17, 15) is 81.5 Å². The van der Waals surface area contributed by atoms with E-state index in [0.29, 0.717) is 99.0 Å². The van der Waals surface area contributed by atoms with Crippen LogP contribution in [-0.4, -0.2) is 178 Å². The van der Waals surface area contributed by atoms with Crippen molar-refractivity contribution >= 4 is 88.7 Å². The summed E-state index contributed by atoms with van der Waals surface area (Å²) in [5, 5.41) is 19.2. The number of aromatic nitrogens is 4. The molecule has 4 aliphatic carbocycles. The van der Waals surface area contributed by atoms with Crippen molar-refractivity contribution < 1.29 is 110 Å². The van der Waals surface area contributed by atoms with E-state index in [4.69, 9.17) is 28.4 Å². The molecule has 6 heterocycles. The van der Waals surface area contributed by atoms with Crippen molar-refractivity contribution in [3.8, 4) is 23.5 Å². The molecule has 6 fully saturated rings. The first-order valence-electron chi connectivity index (χ1n) is 40.0. The van der Waals surface area contributed by atoms with Gasteiger partial charge in [-0.1, -0.05) is 76.3 Å². The van der Waals surface area contributed by atoms with Crippen molar-refractivity contribution in [1.29, 1.82) is 0 Å². The summed E-state index contributed by atoms with van der Waals surface area (Å²) >= 11 is 0. The molecule has 8 aliphatic rings. The molecule has 4 saturated carbocycles. The quantitative estimate of drug-likeness (QED) is 0.0471. The lowest BCUT2D eigenvalue weighted by atomic mass is 9.82. The van der Waals surface area contributed by atoms with Crippen LogP contribution in [0.15, 0.2) is 72.8 Å². The molecule has 34 heteroatoms. The Balaban J connectivity index is 0.000000228. The number of carbonyl (C=O) groups is 8. The number of amides is 4. The third-order valence-corrected chi connectivity index (χ3v) is 29.1. The van der Waals surface area contributed by atoms with Crippen LogP contribution in [0.4, 0.5) is 26.3 Å². The molecule has 2 aromatic heterocycles. The summed E-state index contributed by atoms with van der Waals surface area (Å²) in [6, 6.07) is 11.9. The van der Waals surface area contributed by atoms with Crippen LogP contribution in [0.3, 0.4) is 0 Å². The van der Waals surface area contributed by atoms with Crippen molar-refractivity contribution in [3.05, 3.63) is 72.8 Å². The van der Waals surface area contributed by atoms with Gasteiger partial charge in [-0.3, -0.25) is 47.8 Å². The number of rotatable bonds is 20. The second-order valence-electron chi connectivity index (χ2n) is 34.8. The number of Topliss-reactive ketones (excluding diaryl/α,β-unsaturated/α-hetero) is 2. The maximum absolute atomic E-state index is 14.8. The Hall–Kier alpha value is -8.56. The molecule has 2 saturated heterocycles. The Morgan fingerprint density at radius 2 is 0.845 bits per heavy atom. The van der Waals surface area contributed by atoms with Gasteiger partial charge in [0.15, 0.2) is 11.6 Å². The number of esters is 2. The van der Waals surface area contributed by atoms with Gasteiger partial charge in [-0.25, -0.2) is 16.8 Å². The number of carbonyl (C=O) groups excluding carboxylic acids is 8. The predicted octanol–water partition coefficient (Wildman–Crippen LogP) is 12.5. The first-order valence-corrected chi connectivity index (χ1v) is 43.0. The van der Waals surface area contributed by atoms with Gasteiger partial charge >= 0.3 is 24.3 Å². The minimum absolute atomic E-state index is 0.0120. The Morgan fingerprint density at radius 1 is 0.517 bits per heavy atom. The molecular weight excluding hydrogens is 1560 g/mol. The van der Waals surface area contributed by atoms with Crippen LogP contribution in [-0.2, 0) is 67.9 Å². The lowest BCUT2D eigenvalue weighted by molar-refractivity contribution is -0.257. The molecule has 14 atom stereocenters. The first-order chi connectivity index (χ1) is 54.2. The van der Waals surface area contributed by atoms with E-state index in [1.54, 1.807) is 90.1 Å². The molecule has 0 bridgehead atoms. The van der Waals surface area contributed by atoms with Crippen molar-refractivity contribution in [2.45, 2.75) is 256 Å². The van der Waals surface area contributed by atoms with Gasteiger partial charge in [0.1, 0.15) is 12.2 Å². The second-order valence-corrected chi connectivity index (χ2v) is 39.2. The van der Waals surface area contributed by atoms with E-state index < -0.39 is 184 Å². The lowest BCUT2D eigenvalue weighted by Crippen LogP contribution is -2.48. The molecule has 0 spiro atoms. The SMILES string of the molecule is CCOc1nnc(O[C@@H]2C[C@H]3C(=O)C[C@]4(C(=O)NS(=O)(=O)C5(C)CC5)C[C@H]4/C=C\CC[C@@H](C)C[C@@H](C)[C@H](CC(=O)OC(C)(C)C(F)(F)F)C(=O)N3C2)c2ccccc12.CCOc1nnc(O[C@@H]2C[C@H]3C(=O)C[C@]4(C(=O)NS(=O)(=O)C5(C)CC5)C[C@H]4/C=C\CC[C@H](C)C[C@@H](C)[C@H](CC(=O)OC(C)(C)C(F)(F)F)C(=O)N3C2)c2ccccc12. The van der Waals surface area contributed by atoms with Crippen LogP contribution in [0.2, 0.25) is 0 Å². The Labute approximate surface area is 671 Å². The van der Waals surface area contributed by atoms with Gasteiger partial charge in [0.25, 0.3) is 0 Å². The van der Waals surface area contributed by atoms with Gasteiger partial charge in [0.2, 0.25) is 78.4 Å². The Morgan fingerprint density at radius 3 is 1.16 bits per heavy atom. The summed E-state index contributed by atoms with van der Waals surface area (Å²) in [5.74, 6) is -9.70. The number of sulfonamides is 2. The van der Waals surface area contributed by atoms with E-state index in [1.807, 2.05) is 38.2 Å². The number of alkyl halides is 6. The summed E-state index contributed by atoms with van der Waals surface area (Å²) in [6.07, 6.45) is -0.687. The third-order valence-electron chi connectivity index (χ3n) is 24.8. The summed E-state index contributed by atoms with van der Waals surface area (Å²) in [7, 11) is -8.07. The highest BCUT2D eigenvalue weighted by molar-refractivity contribution is 7.92. The molecule has 636 valence electrons. The highest BCUT2D eigenvalue weighted by Crippen LogP contribution is 2.60. The average Bonchev–Trinajstić information content (AvgIpc) is 1.57. The number of halogens is 6. The number of ketones is 2. The minimum Gasteiger partial charge on any atom is -0.476 e. The molecule has 2 N–H and O–H groups in total. The van der Waals surface area contributed by atoms with Gasteiger partial charge in [0, 0.05) is 25.7 Å². The fourth-order valence-corrected chi connectivity index (χ4v) is 19.1. The van der Waals surface area contributed by atoms with Gasteiger partial charge in [0.05, 0.1) is 105 Å². The van der Waals surface area contributed by atoms with Gasteiger partial charge in [-0.2, -0.15) is 26.3 Å². The smallest absolute Gasteiger partial charge is 0.427 e. The largest absolute Gasteiger partial charge is 0.476 e. The molecular formula is C82H106F6N8O18S2. The molecule has 12 rings (SSSR count). The van der Waals surface area contributed by atoms with Crippen molar-refractivity contribution in [2.24, 2.45) is 58.2 Å². The maximum Gasteiger partial charge on any atom is 0.427 e. The van der Waals surface area contributed by atoms with Crippen molar-refractivity contribution in [3.63, 3.8) is 0 Å². The Kier molecular flexibility index (Phi) is 25.6. The molecule has 4 aromatic rings. The summed E-state index contributed by atoms with van der Waals surface area (Å²) in [4.78, 5) is 116. The zero-order chi connectivity index (χ0) is 84.8. The maximum atomic E-state index is 14.8. The summed E-state index contributed by atoms with van der Waals surface area (Å²) < 4.78 is 172. The number of nitrogens with one attached hydrogen (secondary N) is 2. The topological polar surface area (TPSA) is 342 Å². The second kappa shape index (κ2) is 33.7. The van der Waals surface area contributed by atoms with Crippen LogP contribution >= 0.6 is 0 Å². The van der Waals surface area contributed by atoms with E-state index in [1.165, 1.54) is 9.80 Å². The molecule has 26 nitrogen and oxygen atoms in total. The van der Waals surface area contributed by atoms with Crippen LogP contribution in [0, 0.1) is 58.2 Å². The van der Waals surface area contributed by atoms with E-state index >= 15 is 0 Å². The molecule has 4 aliphatic heterocycles. The number of fused-ring (bicyclic) bond motifs is 6. The third kappa shape index (κ3) is 19.1. The standard InChI is InChI=1S/2C41H53F3N4O9S/c2*1-7-55-34-28-14-10-11-15-29(28)35(46-45-34)56-27-19-31-32(49)22-40(37(52)47-58(53,54)39(6)16-17-39)21-26(40)13-9-8-12-24(2)18-25(3)30(36(51)48(31)23-27)20-33(50)57-38(4,5)41(42,43)44/h2*9-11,13-15,24-27,30-31H,7-8,12,16-23H2,1-6H3,(H,47,52)/b2*13-9-/t24-,25+,26+,27+,30-,31-,40+;24-,25-,26-,27-,30+,31+,40-/m01/s1. The summed E-state index contributed by atoms with van der Waals surface area (Å²) in [5.41, 5.74) is -8.41. The zero-order valence-electron chi connectivity index (χ0n) is 67.5. The summed E-state index contributed by atoms with van der Waals surface area (Å²) in [6.45, 7) is 17.5. The molecule has 2 aromatic carbocycles. The number of hydrogen-bond donors (Lipinski definition) is 2. The van der Waals surface area contributed by atoms with E-state index in [0.717, 1.165) is 27.7 Å². The van der Waals surface area contributed by atoms with Crippen LogP contribution in [0.5, 0.6) is 23.5 Å². The van der Waals surface area contributed by atoms with Gasteiger partial charge in [-0.05, 0) is 192 Å². The average molecular weight is 1670 g/mol. The lowest BCUT2D eigenvalue weighted by Gasteiger charge is -2.33. The highest BCUT2D eigenvalue weighted by Gasteiger charge is 2.65. The van der Waals surface area contributed by atoms with E-state index in [2.05, 4.69) is 29.8 Å². The molecule has 116 heavy (non-hydrogen) atoms. The minimum atomic E-state index is -4.87. The number of hydrogen-bond acceptors (Lipinski definition) is 22. The fraction of sp³-hybridized carbons (Fsp3) is 0.659. The highest BCUT2D eigenvalue weighted by atomic mass is 32.2. The van der Waals surface area contributed by atoms with Crippen molar-refractivity contribution in [2.75, 3.05) is 26.3 Å². The Bertz CT molecular complexity index is 4430. The molecule has 0 unspecified atom stereocenters. The molecule has 0 radical (unpaired) electrons. The van der Waals surface area contributed by atoms with Crippen LogP contribution in [0.1, 0.15) is 199 Å². The number of allylic oxidation sites excluding steroid dienone is 4. The van der Waals surface area contributed by atoms with Crippen molar-refractivity contribution in [1.82, 2.24) is 39.6 Å². The van der Waals surface area contributed by atoms with Gasteiger partial charge in [-0.15, -0.1) is 20.4 Å². The van der Waals surface area contributed by atoms with E-state index in [-0.39, 0.29) is 87.0 Å². The van der Waals surface area contributed by atoms with Crippen LogP contribution in [0.25, 0.3) is 21.5 Å². The van der Waals surface area contributed by atoms with Crippen LogP contribution < -0.4 is 28.4 Å². The first kappa shape index (κ1) is 88.3. The predicted molar refractivity (Wildman–Crippen MR) is 412 cm³/mol. The number of ether oxygens (including phenoxy) is 6.